The molecule has 10 nitrogen and oxygen atoms in total. The third kappa shape index (κ3) is 2.93. The van der Waals surface area contributed by atoms with E-state index >= 15 is 0 Å². The summed E-state index contributed by atoms with van der Waals surface area (Å²) in [5, 5.41) is 0. The lowest BCUT2D eigenvalue weighted by atomic mass is 9.69. The van der Waals surface area contributed by atoms with Gasteiger partial charge < -0.3 is 29.7 Å². The molecule has 2 unspecified atom stereocenters. The normalized spacial score (nSPS) is 29.2. The maximum Gasteiger partial charge on any atom is 0.264 e. The fourth-order valence-corrected chi connectivity index (χ4v) is 5.18. The molecule has 2 N–H and O–H groups in total. The summed E-state index contributed by atoms with van der Waals surface area (Å²) in [5.41, 5.74) is 5.49. The van der Waals surface area contributed by atoms with E-state index in [4.69, 9.17) is 24.9 Å². The van der Waals surface area contributed by atoms with Crippen LogP contribution in [0, 0.1) is 5.41 Å². The first-order valence-electron chi connectivity index (χ1n) is 10.6. The van der Waals surface area contributed by atoms with E-state index in [1.165, 1.54) is 12.3 Å². The molecule has 32 heavy (non-hydrogen) atoms. The Hall–Kier alpha value is -2.70. The minimum absolute atomic E-state index is 0.0190. The summed E-state index contributed by atoms with van der Waals surface area (Å²) in [7, 11) is 0. The van der Waals surface area contributed by atoms with Crippen LogP contribution in [0.15, 0.2) is 12.3 Å². The Balaban J connectivity index is 1.46. The van der Waals surface area contributed by atoms with E-state index in [0.29, 0.717) is 64.6 Å². The second-order valence-corrected chi connectivity index (χ2v) is 8.56. The zero-order valence-electron chi connectivity index (χ0n) is 17.3. The lowest BCUT2D eigenvalue weighted by Crippen LogP contribution is -2.71. The van der Waals surface area contributed by atoms with E-state index in [9.17, 15) is 8.78 Å². The largest absolute Gasteiger partial charge is 0.384 e. The molecule has 0 radical (unpaired) electrons. The van der Waals surface area contributed by atoms with Crippen molar-refractivity contribution in [1.29, 1.82) is 0 Å². The smallest absolute Gasteiger partial charge is 0.264 e. The molecule has 4 fully saturated rings. The van der Waals surface area contributed by atoms with Crippen LogP contribution in [0.3, 0.4) is 0 Å². The first kappa shape index (κ1) is 19.9. The number of nitrogen functional groups attached to an aromatic ring is 1. The summed E-state index contributed by atoms with van der Waals surface area (Å²) < 4.78 is 44.6. The number of nitrogens with two attached hydrogens (primary N) is 1. The summed E-state index contributed by atoms with van der Waals surface area (Å²) >= 11 is 0. The average molecular weight is 447 g/mol. The van der Waals surface area contributed by atoms with Crippen LogP contribution in [0.2, 0.25) is 0 Å². The van der Waals surface area contributed by atoms with Gasteiger partial charge in [0.25, 0.3) is 6.43 Å². The van der Waals surface area contributed by atoms with Crippen molar-refractivity contribution < 1.29 is 23.0 Å². The van der Waals surface area contributed by atoms with Crippen molar-refractivity contribution in [3.05, 3.63) is 17.8 Å². The van der Waals surface area contributed by atoms with Crippen molar-refractivity contribution in [2.75, 3.05) is 68.3 Å². The van der Waals surface area contributed by atoms with Gasteiger partial charge in [-0.15, -0.1) is 0 Å². The maximum absolute atomic E-state index is 13.8. The first-order valence-corrected chi connectivity index (χ1v) is 10.6. The van der Waals surface area contributed by atoms with Gasteiger partial charge in [0.2, 0.25) is 11.9 Å². The number of halogens is 2. The highest BCUT2D eigenvalue weighted by Gasteiger charge is 2.67. The molecule has 2 atom stereocenters. The number of hydrogen-bond acceptors (Lipinski definition) is 10. The van der Waals surface area contributed by atoms with Crippen molar-refractivity contribution in [1.82, 2.24) is 19.9 Å². The molecular formula is C20H23F2N7O3. The van der Waals surface area contributed by atoms with Gasteiger partial charge in [0.1, 0.15) is 5.82 Å². The molecule has 0 amide bonds. The van der Waals surface area contributed by atoms with Gasteiger partial charge in [-0.2, -0.15) is 15.0 Å². The van der Waals surface area contributed by atoms with Crippen molar-refractivity contribution in [3.63, 3.8) is 0 Å². The fraction of sp³-hybridized carbons (Fsp3) is 0.600. The van der Waals surface area contributed by atoms with Crippen LogP contribution < -0.4 is 15.5 Å². The van der Waals surface area contributed by atoms with Crippen molar-refractivity contribution in [2.24, 2.45) is 5.41 Å². The molecule has 0 aromatic carbocycles. The van der Waals surface area contributed by atoms with Gasteiger partial charge in [-0.1, -0.05) is 0 Å². The number of rotatable bonds is 4. The molecule has 12 heteroatoms. The number of ether oxygens (including phenoxy) is 3. The lowest BCUT2D eigenvalue weighted by molar-refractivity contribution is 0.0968. The Morgan fingerprint density at radius 3 is 2.38 bits per heavy atom. The maximum atomic E-state index is 13.8. The van der Waals surface area contributed by atoms with Crippen LogP contribution in [0.5, 0.6) is 0 Å². The zero-order chi connectivity index (χ0) is 21.9. The first-order chi connectivity index (χ1) is 15.6. The summed E-state index contributed by atoms with van der Waals surface area (Å²) in [6.07, 6.45) is -1.44. The van der Waals surface area contributed by atoms with E-state index in [1.807, 2.05) is 4.90 Å². The van der Waals surface area contributed by atoms with Gasteiger partial charge in [-0.05, 0) is 6.07 Å². The van der Waals surface area contributed by atoms with Gasteiger partial charge in [0.05, 0.1) is 57.1 Å². The van der Waals surface area contributed by atoms with E-state index in [0.717, 1.165) is 0 Å². The predicted molar refractivity (Wildman–Crippen MR) is 110 cm³/mol. The number of pyridine rings is 1. The number of alkyl halides is 2. The second-order valence-electron chi connectivity index (χ2n) is 8.56. The van der Waals surface area contributed by atoms with Gasteiger partial charge in [-0.25, -0.2) is 13.8 Å². The monoisotopic (exact) mass is 447 g/mol. The third-order valence-corrected chi connectivity index (χ3v) is 6.86. The molecule has 6 heterocycles. The Labute approximate surface area is 182 Å². The number of aromatic nitrogens is 4. The highest BCUT2D eigenvalue weighted by molar-refractivity contribution is 5.65. The van der Waals surface area contributed by atoms with E-state index < -0.39 is 6.43 Å². The SMILES string of the molecule is Nc1cc(C(F)F)c(-c2nc(N3CCOCC3)nc(N3C4COCC45COCC35)n2)cn1. The van der Waals surface area contributed by atoms with Crippen molar-refractivity contribution >= 4 is 17.7 Å². The molecule has 0 saturated carbocycles. The fourth-order valence-electron chi connectivity index (χ4n) is 5.18. The molecule has 0 aliphatic carbocycles. The van der Waals surface area contributed by atoms with Crippen LogP contribution in [0.4, 0.5) is 26.5 Å². The number of nitrogens with zero attached hydrogens (tertiary/aromatic N) is 6. The average Bonchev–Trinajstić information content (AvgIpc) is 3.34. The van der Waals surface area contributed by atoms with Crippen LogP contribution in [-0.2, 0) is 14.2 Å². The quantitative estimate of drug-likeness (QED) is 0.725. The number of anilines is 3. The molecule has 4 saturated heterocycles. The Bertz CT molecular complexity index is 1020. The molecule has 1 spiro atoms. The van der Waals surface area contributed by atoms with Crippen LogP contribution in [0.25, 0.3) is 11.4 Å². The zero-order valence-corrected chi connectivity index (χ0v) is 17.3. The molecule has 2 aromatic rings. The highest BCUT2D eigenvalue weighted by Crippen LogP contribution is 2.53. The summed E-state index contributed by atoms with van der Waals surface area (Å²) in [4.78, 5) is 22.0. The minimum atomic E-state index is -2.74. The molecule has 0 bridgehead atoms. The number of hydrogen-bond donors (Lipinski definition) is 1. The highest BCUT2D eigenvalue weighted by atomic mass is 19.3. The number of morpholine rings is 1. The van der Waals surface area contributed by atoms with Gasteiger partial charge in [-0.3, -0.25) is 0 Å². The van der Waals surface area contributed by atoms with Crippen molar-refractivity contribution in [3.8, 4) is 11.4 Å². The second kappa shape index (κ2) is 7.42. The molecule has 6 rings (SSSR count). The summed E-state index contributed by atoms with van der Waals surface area (Å²) in [5.74, 6) is 1.04. The standard InChI is InChI=1S/C20H23F2N7O3/c21-16(22)11-5-15(23)24-6-12(11)17-25-18(28-1-3-30-4-2-28)27-19(26-17)29-13-7-31-9-20(13)10-32-8-14(20)29/h5-6,13-14,16H,1-4,7-10H2,(H2,23,24). The van der Waals surface area contributed by atoms with Gasteiger partial charge >= 0.3 is 0 Å². The topological polar surface area (TPSA) is 112 Å². The van der Waals surface area contributed by atoms with Gasteiger partial charge in [0, 0.05) is 30.4 Å². The summed E-state index contributed by atoms with van der Waals surface area (Å²) in [6.45, 7) is 4.69. The molecular weight excluding hydrogens is 424 g/mol. The van der Waals surface area contributed by atoms with Gasteiger partial charge in [0.15, 0.2) is 5.82 Å². The minimum Gasteiger partial charge on any atom is -0.384 e. The van der Waals surface area contributed by atoms with Crippen LogP contribution in [0.1, 0.15) is 12.0 Å². The molecule has 4 aliphatic rings. The molecule has 4 aliphatic heterocycles. The third-order valence-electron chi connectivity index (χ3n) is 6.86. The predicted octanol–water partition coefficient (Wildman–Crippen LogP) is 0.894. The van der Waals surface area contributed by atoms with E-state index in [-0.39, 0.29) is 40.3 Å². The van der Waals surface area contributed by atoms with Crippen LogP contribution in [-0.4, -0.2) is 84.8 Å². The van der Waals surface area contributed by atoms with E-state index in [1.54, 1.807) is 0 Å². The van der Waals surface area contributed by atoms with Crippen molar-refractivity contribution in [2.45, 2.75) is 18.5 Å². The van der Waals surface area contributed by atoms with E-state index in [2.05, 4.69) is 19.9 Å². The molecule has 2 aromatic heterocycles. The molecule has 170 valence electrons. The Morgan fingerprint density at radius 1 is 1.00 bits per heavy atom. The Kier molecular flexibility index (Phi) is 4.63. The summed E-state index contributed by atoms with van der Waals surface area (Å²) in [6, 6.07) is 1.34. The van der Waals surface area contributed by atoms with Crippen LogP contribution >= 0.6 is 0 Å². The lowest BCUT2D eigenvalue weighted by Gasteiger charge is -2.55. The Morgan fingerprint density at radius 2 is 1.69 bits per heavy atom.